The summed E-state index contributed by atoms with van der Waals surface area (Å²) in [5.74, 6) is 7.45. The summed E-state index contributed by atoms with van der Waals surface area (Å²) in [6.45, 7) is 2.37. The summed E-state index contributed by atoms with van der Waals surface area (Å²) in [6.07, 6.45) is 12.0. The minimum absolute atomic E-state index is 0.897. The van der Waals surface area contributed by atoms with Crippen molar-refractivity contribution in [1.82, 2.24) is 0 Å². The third kappa shape index (κ3) is 5.75. The van der Waals surface area contributed by atoms with Crippen LogP contribution in [0.5, 0.6) is 0 Å². The predicted molar refractivity (Wildman–Crippen MR) is 58.5 cm³/mol. The number of hydrogen-bond donors (Lipinski definition) is 0. The Kier molecular flexibility index (Phi) is 5.74. The molecule has 0 N–H and O–H groups in total. The van der Waals surface area contributed by atoms with Crippen molar-refractivity contribution in [2.24, 2.45) is 5.92 Å². The van der Waals surface area contributed by atoms with Gasteiger partial charge in [-0.1, -0.05) is 39.0 Å². The van der Waals surface area contributed by atoms with Crippen molar-refractivity contribution >= 4 is 0 Å². The largest absolute Gasteiger partial charge is 0.103 e. The molecule has 0 saturated carbocycles. The summed E-state index contributed by atoms with van der Waals surface area (Å²) in [6, 6.07) is 0. The zero-order chi connectivity index (χ0) is 9.36. The highest BCUT2D eigenvalue weighted by Crippen LogP contribution is 2.16. The number of hydrogen-bond acceptors (Lipinski definition) is 0. The quantitative estimate of drug-likeness (QED) is 0.489. The molecule has 1 unspecified atom stereocenters. The molecule has 0 bridgehead atoms. The molecule has 1 aliphatic rings. The average Bonchev–Trinajstić information content (AvgIpc) is 2.11. The Morgan fingerprint density at radius 2 is 1.46 bits per heavy atom. The van der Waals surface area contributed by atoms with Crippen LogP contribution in [0.2, 0.25) is 0 Å². The standard InChI is InChI=1S/C13H22/c1-13-11-9-7-5-3-2-4-6-8-10-12-13/h13H,2-5,7,9-12H2,1H3. The van der Waals surface area contributed by atoms with Crippen LogP contribution in [0, 0.1) is 17.8 Å². The van der Waals surface area contributed by atoms with Crippen molar-refractivity contribution in [2.75, 3.05) is 0 Å². The molecule has 0 aromatic carbocycles. The van der Waals surface area contributed by atoms with Crippen LogP contribution < -0.4 is 0 Å². The van der Waals surface area contributed by atoms with Gasteiger partial charge < -0.3 is 0 Å². The Bertz CT molecular complexity index is 170. The predicted octanol–water partition coefficient (Wildman–Crippen LogP) is 4.15. The van der Waals surface area contributed by atoms with Gasteiger partial charge in [0.2, 0.25) is 0 Å². The molecule has 0 aliphatic heterocycles. The van der Waals surface area contributed by atoms with Gasteiger partial charge in [0, 0.05) is 12.8 Å². The van der Waals surface area contributed by atoms with Gasteiger partial charge in [-0.2, -0.15) is 0 Å². The van der Waals surface area contributed by atoms with Crippen LogP contribution >= 0.6 is 0 Å². The first-order valence-corrected chi connectivity index (χ1v) is 5.85. The molecule has 1 rings (SSSR count). The molecule has 1 aliphatic carbocycles. The van der Waals surface area contributed by atoms with Crippen molar-refractivity contribution < 1.29 is 0 Å². The molecule has 0 amide bonds. The summed E-state index contributed by atoms with van der Waals surface area (Å²) in [5.41, 5.74) is 0. The van der Waals surface area contributed by atoms with Crippen LogP contribution in [0.4, 0.5) is 0 Å². The van der Waals surface area contributed by atoms with Crippen LogP contribution in [0.15, 0.2) is 0 Å². The molecule has 74 valence electrons. The van der Waals surface area contributed by atoms with Crippen LogP contribution in [0.3, 0.4) is 0 Å². The molecule has 0 heteroatoms. The van der Waals surface area contributed by atoms with E-state index in [1.54, 1.807) is 0 Å². The molecular weight excluding hydrogens is 156 g/mol. The van der Waals surface area contributed by atoms with Gasteiger partial charge in [-0.15, -0.1) is 11.8 Å². The van der Waals surface area contributed by atoms with E-state index in [1.807, 2.05) is 0 Å². The summed E-state index contributed by atoms with van der Waals surface area (Å²) in [5, 5.41) is 0. The molecular formula is C13H22. The first-order valence-electron chi connectivity index (χ1n) is 5.85. The van der Waals surface area contributed by atoms with E-state index in [-0.39, 0.29) is 0 Å². The molecule has 0 heterocycles. The molecule has 0 aromatic heterocycles. The van der Waals surface area contributed by atoms with Crippen LogP contribution in [-0.4, -0.2) is 0 Å². The van der Waals surface area contributed by atoms with Crippen LogP contribution in [0.25, 0.3) is 0 Å². The fraction of sp³-hybridized carbons (Fsp3) is 0.846. The van der Waals surface area contributed by atoms with E-state index in [9.17, 15) is 0 Å². The monoisotopic (exact) mass is 178 g/mol. The maximum atomic E-state index is 3.28. The lowest BCUT2D eigenvalue weighted by Crippen LogP contribution is -1.94. The molecule has 0 aromatic rings. The molecule has 13 heavy (non-hydrogen) atoms. The third-order valence-electron chi connectivity index (χ3n) is 2.89. The molecule has 1 atom stereocenters. The second-order valence-electron chi connectivity index (χ2n) is 4.30. The SMILES string of the molecule is CC1CCC#CCCCCCCC1. The van der Waals surface area contributed by atoms with Gasteiger partial charge in [0.1, 0.15) is 0 Å². The Balaban J connectivity index is 2.25. The van der Waals surface area contributed by atoms with Gasteiger partial charge in [-0.3, -0.25) is 0 Å². The van der Waals surface area contributed by atoms with E-state index in [0.717, 1.165) is 18.8 Å². The van der Waals surface area contributed by atoms with Crippen molar-refractivity contribution in [2.45, 2.75) is 64.7 Å². The maximum absolute atomic E-state index is 3.28. The van der Waals surface area contributed by atoms with Gasteiger partial charge >= 0.3 is 0 Å². The maximum Gasteiger partial charge on any atom is 0.00912 e. The third-order valence-corrected chi connectivity index (χ3v) is 2.89. The zero-order valence-electron chi connectivity index (χ0n) is 8.94. The fourth-order valence-corrected chi connectivity index (χ4v) is 1.88. The summed E-state index contributed by atoms with van der Waals surface area (Å²) >= 11 is 0. The Morgan fingerprint density at radius 3 is 2.38 bits per heavy atom. The molecule has 0 saturated heterocycles. The normalized spacial score (nSPS) is 26.4. The van der Waals surface area contributed by atoms with E-state index in [1.165, 1.54) is 44.9 Å². The molecule has 0 nitrogen and oxygen atoms in total. The minimum Gasteiger partial charge on any atom is -0.103 e. The van der Waals surface area contributed by atoms with E-state index >= 15 is 0 Å². The topological polar surface area (TPSA) is 0 Å². The minimum atomic E-state index is 0.897. The second-order valence-corrected chi connectivity index (χ2v) is 4.30. The summed E-state index contributed by atoms with van der Waals surface area (Å²) in [7, 11) is 0. The second kappa shape index (κ2) is 7.01. The van der Waals surface area contributed by atoms with Crippen molar-refractivity contribution in [1.29, 1.82) is 0 Å². The van der Waals surface area contributed by atoms with Gasteiger partial charge in [-0.25, -0.2) is 0 Å². The van der Waals surface area contributed by atoms with E-state index < -0.39 is 0 Å². The van der Waals surface area contributed by atoms with Gasteiger partial charge in [-0.05, 0) is 18.8 Å². The smallest absolute Gasteiger partial charge is 0.00912 e. The van der Waals surface area contributed by atoms with E-state index in [2.05, 4.69) is 18.8 Å². The van der Waals surface area contributed by atoms with E-state index in [0.29, 0.717) is 0 Å². The first kappa shape index (κ1) is 10.6. The van der Waals surface area contributed by atoms with Crippen LogP contribution in [0.1, 0.15) is 64.7 Å². The molecule has 0 spiro atoms. The van der Waals surface area contributed by atoms with Crippen molar-refractivity contribution in [3.8, 4) is 11.8 Å². The lowest BCUT2D eigenvalue weighted by molar-refractivity contribution is 0.461. The molecule has 0 fully saturated rings. The number of rotatable bonds is 0. The zero-order valence-corrected chi connectivity index (χ0v) is 8.94. The Morgan fingerprint density at radius 1 is 0.769 bits per heavy atom. The van der Waals surface area contributed by atoms with Gasteiger partial charge in [0.25, 0.3) is 0 Å². The lowest BCUT2D eigenvalue weighted by Gasteiger charge is -2.09. The Hall–Kier alpha value is -0.440. The van der Waals surface area contributed by atoms with Crippen LogP contribution in [-0.2, 0) is 0 Å². The highest BCUT2D eigenvalue weighted by Gasteiger charge is 2.01. The average molecular weight is 178 g/mol. The van der Waals surface area contributed by atoms with Crippen molar-refractivity contribution in [3.05, 3.63) is 0 Å². The van der Waals surface area contributed by atoms with Gasteiger partial charge in [0.15, 0.2) is 0 Å². The van der Waals surface area contributed by atoms with Gasteiger partial charge in [0.05, 0.1) is 0 Å². The lowest BCUT2D eigenvalue weighted by atomic mass is 9.97. The summed E-state index contributed by atoms with van der Waals surface area (Å²) in [4.78, 5) is 0. The fourth-order valence-electron chi connectivity index (χ4n) is 1.88. The highest BCUT2D eigenvalue weighted by molar-refractivity contribution is 4.98. The Labute approximate surface area is 83.1 Å². The summed E-state index contributed by atoms with van der Waals surface area (Å²) < 4.78 is 0. The van der Waals surface area contributed by atoms with Crippen molar-refractivity contribution in [3.63, 3.8) is 0 Å². The van der Waals surface area contributed by atoms with E-state index in [4.69, 9.17) is 0 Å². The molecule has 0 radical (unpaired) electrons. The first-order chi connectivity index (χ1) is 6.39. The highest BCUT2D eigenvalue weighted by atomic mass is 14.1.